The Balaban J connectivity index is 2.82. The van der Waals surface area contributed by atoms with Crippen molar-refractivity contribution < 1.29 is 19.4 Å². The lowest BCUT2D eigenvalue weighted by atomic mass is 10.1. The average Bonchev–Trinajstić information content (AvgIpc) is 2.44. The van der Waals surface area contributed by atoms with Gasteiger partial charge < -0.3 is 15.2 Å². The number of ether oxygens (including phenoxy) is 1. The van der Waals surface area contributed by atoms with Crippen LogP contribution in [0.25, 0.3) is 0 Å². The number of rotatable bonds is 5. The molecule has 0 aliphatic carbocycles. The molecule has 0 atom stereocenters. The molecule has 0 radical (unpaired) electrons. The van der Waals surface area contributed by atoms with Crippen LogP contribution in [0.2, 0.25) is 0 Å². The normalized spacial score (nSPS) is 11.0. The summed E-state index contributed by atoms with van der Waals surface area (Å²) < 4.78 is 5.21. The van der Waals surface area contributed by atoms with E-state index < -0.39 is 11.6 Å². The lowest BCUT2D eigenvalue weighted by Gasteiger charge is -2.26. The largest absolute Gasteiger partial charge is 0.478 e. The van der Waals surface area contributed by atoms with Crippen LogP contribution in [0.4, 0.5) is 10.5 Å². The number of nitrogens with zero attached hydrogens (tertiary/aromatic N) is 1. The zero-order valence-corrected chi connectivity index (χ0v) is 12.1. The van der Waals surface area contributed by atoms with Crippen molar-refractivity contribution in [2.24, 2.45) is 0 Å². The fourth-order valence-electron chi connectivity index (χ4n) is 1.54. The van der Waals surface area contributed by atoms with Gasteiger partial charge in [0.15, 0.2) is 0 Å². The van der Waals surface area contributed by atoms with Crippen molar-refractivity contribution in [3.8, 4) is 0 Å². The van der Waals surface area contributed by atoms with E-state index in [9.17, 15) is 9.59 Å². The zero-order chi connectivity index (χ0) is 15.3. The van der Waals surface area contributed by atoms with Crippen molar-refractivity contribution in [3.63, 3.8) is 0 Å². The standard InChI is InChI=1S/C14H20N2O4/c1-14(2,20-4)9-15-13(19)16(3)11-8-6-5-7-10(11)12(17)18/h5-8H,9H2,1-4H3,(H,15,19)(H,17,18). The topological polar surface area (TPSA) is 78.9 Å². The van der Waals surface area contributed by atoms with Crippen LogP contribution >= 0.6 is 0 Å². The van der Waals surface area contributed by atoms with Gasteiger partial charge in [0.25, 0.3) is 0 Å². The maximum atomic E-state index is 12.0. The quantitative estimate of drug-likeness (QED) is 0.864. The second-order valence-electron chi connectivity index (χ2n) is 5.00. The molecule has 6 nitrogen and oxygen atoms in total. The minimum atomic E-state index is -1.07. The third-order valence-corrected chi connectivity index (χ3v) is 3.02. The summed E-state index contributed by atoms with van der Waals surface area (Å²) >= 11 is 0. The minimum absolute atomic E-state index is 0.0798. The van der Waals surface area contributed by atoms with Crippen LogP contribution in [0.15, 0.2) is 24.3 Å². The molecule has 0 saturated heterocycles. The molecule has 2 amide bonds. The third-order valence-electron chi connectivity index (χ3n) is 3.02. The minimum Gasteiger partial charge on any atom is -0.478 e. The van der Waals surface area contributed by atoms with Gasteiger partial charge in [-0.1, -0.05) is 12.1 Å². The van der Waals surface area contributed by atoms with Gasteiger partial charge in [-0.25, -0.2) is 9.59 Å². The Morgan fingerprint density at radius 2 is 1.95 bits per heavy atom. The number of anilines is 1. The SMILES string of the molecule is COC(C)(C)CNC(=O)N(C)c1ccccc1C(=O)O. The molecular weight excluding hydrogens is 260 g/mol. The lowest BCUT2D eigenvalue weighted by molar-refractivity contribution is 0.0256. The van der Waals surface area contributed by atoms with Crippen molar-refractivity contribution in [3.05, 3.63) is 29.8 Å². The summed E-state index contributed by atoms with van der Waals surface area (Å²) in [6.45, 7) is 4.01. The predicted molar refractivity (Wildman–Crippen MR) is 76.3 cm³/mol. The van der Waals surface area contributed by atoms with E-state index in [4.69, 9.17) is 9.84 Å². The van der Waals surface area contributed by atoms with Gasteiger partial charge in [-0.2, -0.15) is 0 Å². The number of benzene rings is 1. The van der Waals surface area contributed by atoms with Crippen LogP contribution in [-0.4, -0.2) is 43.4 Å². The number of urea groups is 1. The highest BCUT2D eigenvalue weighted by Crippen LogP contribution is 2.19. The summed E-state index contributed by atoms with van der Waals surface area (Å²) in [6.07, 6.45) is 0. The smallest absolute Gasteiger partial charge is 0.337 e. The van der Waals surface area contributed by atoms with Gasteiger partial charge in [0.05, 0.1) is 16.9 Å². The molecule has 0 spiro atoms. The fraction of sp³-hybridized carbons (Fsp3) is 0.429. The Bertz CT molecular complexity index is 500. The second kappa shape index (κ2) is 6.38. The first-order chi connectivity index (χ1) is 9.28. The van der Waals surface area contributed by atoms with Crippen molar-refractivity contribution >= 4 is 17.7 Å². The highest BCUT2D eigenvalue weighted by atomic mass is 16.5. The number of carbonyl (C=O) groups excluding carboxylic acids is 1. The first kappa shape index (κ1) is 16.0. The second-order valence-corrected chi connectivity index (χ2v) is 5.00. The summed E-state index contributed by atoms with van der Waals surface area (Å²) in [5.41, 5.74) is -0.0631. The number of amides is 2. The highest BCUT2D eigenvalue weighted by Gasteiger charge is 2.21. The molecule has 0 bridgehead atoms. The Morgan fingerprint density at radius 3 is 2.50 bits per heavy atom. The molecule has 2 N–H and O–H groups in total. The van der Waals surface area contributed by atoms with Crippen LogP contribution in [0.3, 0.4) is 0 Å². The Morgan fingerprint density at radius 1 is 1.35 bits per heavy atom. The number of carboxylic acids is 1. The van der Waals surface area contributed by atoms with E-state index in [1.54, 1.807) is 25.3 Å². The molecule has 6 heteroatoms. The Labute approximate surface area is 118 Å². The maximum Gasteiger partial charge on any atom is 0.337 e. The number of para-hydroxylation sites is 1. The molecule has 0 fully saturated rings. The summed E-state index contributed by atoms with van der Waals surface area (Å²) in [6, 6.07) is 5.96. The van der Waals surface area contributed by atoms with E-state index in [1.807, 2.05) is 13.8 Å². The van der Waals surface area contributed by atoms with Crippen molar-refractivity contribution in [2.45, 2.75) is 19.4 Å². The first-order valence-corrected chi connectivity index (χ1v) is 6.17. The van der Waals surface area contributed by atoms with Gasteiger partial charge in [0.1, 0.15) is 0 Å². The zero-order valence-electron chi connectivity index (χ0n) is 12.1. The van der Waals surface area contributed by atoms with Gasteiger partial charge in [-0.3, -0.25) is 4.90 Å². The molecule has 1 rings (SSSR count). The van der Waals surface area contributed by atoms with Crippen LogP contribution < -0.4 is 10.2 Å². The summed E-state index contributed by atoms with van der Waals surface area (Å²) in [7, 11) is 3.09. The van der Waals surface area contributed by atoms with Gasteiger partial charge in [-0.05, 0) is 26.0 Å². The molecule has 110 valence electrons. The number of nitrogens with one attached hydrogen (secondary N) is 1. The third kappa shape index (κ3) is 3.96. The van der Waals surface area contributed by atoms with E-state index >= 15 is 0 Å². The fourth-order valence-corrected chi connectivity index (χ4v) is 1.54. The number of methoxy groups -OCH3 is 1. The predicted octanol–water partition coefficient (Wildman–Crippen LogP) is 1.96. The summed E-state index contributed by atoms with van der Waals surface area (Å²) in [5, 5.41) is 11.8. The van der Waals surface area contributed by atoms with Gasteiger partial charge in [0.2, 0.25) is 0 Å². The molecule has 0 unspecified atom stereocenters. The first-order valence-electron chi connectivity index (χ1n) is 6.17. The van der Waals surface area contributed by atoms with Crippen molar-refractivity contribution in [1.29, 1.82) is 0 Å². The van der Waals surface area contributed by atoms with Crippen LogP contribution in [0.5, 0.6) is 0 Å². The molecule has 1 aromatic rings. The Kier molecular flexibility index (Phi) is 5.10. The van der Waals surface area contributed by atoms with Gasteiger partial charge in [0, 0.05) is 20.7 Å². The number of hydrogen-bond acceptors (Lipinski definition) is 3. The number of carboxylic acid groups (broad SMARTS) is 1. The molecular formula is C14H20N2O4. The maximum absolute atomic E-state index is 12.0. The van der Waals surface area contributed by atoms with E-state index in [1.165, 1.54) is 18.0 Å². The van der Waals surface area contributed by atoms with E-state index in [-0.39, 0.29) is 11.6 Å². The number of carbonyl (C=O) groups is 2. The molecule has 0 saturated carbocycles. The molecule has 0 heterocycles. The Hall–Kier alpha value is -2.08. The number of hydrogen-bond donors (Lipinski definition) is 2. The van der Waals surface area contributed by atoms with Gasteiger partial charge in [-0.15, -0.1) is 0 Å². The van der Waals surface area contributed by atoms with Crippen LogP contribution in [-0.2, 0) is 4.74 Å². The number of aromatic carboxylic acids is 1. The molecule has 0 aliphatic heterocycles. The lowest BCUT2D eigenvalue weighted by Crippen LogP contribution is -2.45. The van der Waals surface area contributed by atoms with Crippen LogP contribution in [0.1, 0.15) is 24.2 Å². The van der Waals surface area contributed by atoms with Crippen LogP contribution in [0, 0.1) is 0 Å². The van der Waals surface area contributed by atoms with E-state index in [0.717, 1.165) is 0 Å². The highest BCUT2D eigenvalue weighted by molar-refractivity contribution is 6.01. The van der Waals surface area contributed by atoms with E-state index in [0.29, 0.717) is 12.2 Å². The molecule has 1 aromatic carbocycles. The van der Waals surface area contributed by atoms with Crippen molar-refractivity contribution in [2.75, 3.05) is 25.6 Å². The average molecular weight is 280 g/mol. The molecule has 0 aromatic heterocycles. The van der Waals surface area contributed by atoms with E-state index in [2.05, 4.69) is 5.32 Å². The summed E-state index contributed by atoms with van der Waals surface area (Å²) in [4.78, 5) is 24.5. The molecule has 20 heavy (non-hydrogen) atoms. The summed E-state index contributed by atoms with van der Waals surface area (Å²) in [5.74, 6) is -1.07. The van der Waals surface area contributed by atoms with Gasteiger partial charge >= 0.3 is 12.0 Å². The van der Waals surface area contributed by atoms with Crippen molar-refractivity contribution in [1.82, 2.24) is 5.32 Å². The monoisotopic (exact) mass is 280 g/mol. The molecule has 0 aliphatic rings.